The number of pyridine rings is 1. The highest BCUT2D eigenvalue weighted by atomic mass is 16.3. The predicted molar refractivity (Wildman–Crippen MR) is 213 cm³/mol. The number of nitrogens with two attached hydrogens (primary N) is 1. The zero-order chi connectivity index (χ0) is 37.8. The number of carbonyl (C=O) groups excluding carboxylic acids is 2. The molecule has 3 fully saturated rings. The summed E-state index contributed by atoms with van der Waals surface area (Å²) in [7, 11) is 0. The molecule has 0 aliphatic carbocycles. The van der Waals surface area contributed by atoms with Gasteiger partial charge in [-0.2, -0.15) is 4.58 Å². The first-order valence-electron chi connectivity index (χ1n) is 19.3. The number of piperidine rings is 3. The summed E-state index contributed by atoms with van der Waals surface area (Å²) in [4.78, 5) is 37.0. The van der Waals surface area contributed by atoms with E-state index in [1.165, 1.54) is 5.56 Å². The van der Waals surface area contributed by atoms with Crippen LogP contribution in [0.1, 0.15) is 65.9 Å². The molecule has 280 valence electrons. The zero-order valence-electron chi connectivity index (χ0n) is 30.6. The Morgan fingerprint density at radius 3 is 2.42 bits per heavy atom. The first-order valence-corrected chi connectivity index (χ1v) is 19.3. The number of aliphatic hydroxyl groups excluding tert-OH is 1. The normalized spacial score (nSPS) is 22.7. The summed E-state index contributed by atoms with van der Waals surface area (Å²) in [5.41, 5.74) is 13.8. The lowest BCUT2D eigenvalue weighted by Crippen LogP contribution is -2.56. The molecule has 0 spiro atoms. The van der Waals surface area contributed by atoms with Crippen molar-refractivity contribution in [2.45, 2.75) is 62.8 Å². The van der Waals surface area contributed by atoms with Crippen LogP contribution in [0.15, 0.2) is 91.3 Å². The van der Waals surface area contributed by atoms with Gasteiger partial charge < -0.3 is 36.0 Å². The summed E-state index contributed by atoms with van der Waals surface area (Å²) in [6, 6.07) is 21.4. The summed E-state index contributed by atoms with van der Waals surface area (Å²) in [5.74, 6) is 0.239. The molecular weight excluding hydrogens is 693 g/mol. The predicted octanol–water partition coefficient (Wildman–Crippen LogP) is 4.98. The lowest BCUT2D eigenvalue weighted by Gasteiger charge is -2.42. The molecule has 55 heavy (non-hydrogen) atoms. The van der Waals surface area contributed by atoms with Crippen LogP contribution in [0, 0.1) is 5.41 Å². The fraction of sp³-hybridized carbons (Fsp3) is 0.326. The highest BCUT2D eigenvalue weighted by Crippen LogP contribution is 2.43. The van der Waals surface area contributed by atoms with Gasteiger partial charge in [0.25, 0.3) is 5.91 Å². The topological polar surface area (TPSA) is 162 Å². The molecule has 2 unspecified atom stereocenters. The standard InChI is InChI=1S/C43H44N8O4/c44-32-18-24-50(37(32)25-33(45)30-3-1-2-4-38(30)52)29-7-5-26(6-8-29)27-14-20-48(21-15-27)28-16-22-49(23-17-28)35-10-9-34-40-31(13-19-46-41(35)40)43(55)51(34)36-11-12-39(53)47-42(36)54/h1-10,13,18-19,24-25,27-28,36,42,44,54H,11-12,14-17,20-23H2,(H3,45,47,52,53)/p+1. The number of phenols is 1. The SMILES string of the molecule is N=C1C=C[N+](c2ccc(C3CCN(C4CCN(c5ccc6c7c(ccnc57)C(=O)N6C5CCC(=O)NC5O)CC4)CC3)cc2)=C1/C=C(\N)c1ccccc1O. The molecule has 0 saturated carbocycles. The van der Waals surface area contributed by atoms with Crippen molar-refractivity contribution in [3.8, 4) is 5.75 Å². The number of aliphatic hydroxyl groups is 1. The molecule has 6 N–H and O–H groups in total. The number of benzene rings is 3. The molecular formula is C43H45N8O4+. The van der Waals surface area contributed by atoms with Crippen molar-refractivity contribution in [2.24, 2.45) is 5.73 Å². The monoisotopic (exact) mass is 737 g/mol. The average Bonchev–Trinajstić information content (AvgIpc) is 3.71. The summed E-state index contributed by atoms with van der Waals surface area (Å²) >= 11 is 0. The maximum absolute atomic E-state index is 13.6. The van der Waals surface area contributed by atoms with Crippen LogP contribution in [0.4, 0.5) is 17.1 Å². The zero-order valence-corrected chi connectivity index (χ0v) is 30.6. The lowest BCUT2D eigenvalue weighted by atomic mass is 9.88. The van der Waals surface area contributed by atoms with Gasteiger partial charge >= 0.3 is 0 Å². The van der Waals surface area contributed by atoms with E-state index in [2.05, 4.69) is 45.4 Å². The van der Waals surface area contributed by atoms with Crippen molar-refractivity contribution < 1.29 is 24.4 Å². The molecule has 4 aromatic rings. The summed E-state index contributed by atoms with van der Waals surface area (Å²) in [5, 5.41) is 32.8. The van der Waals surface area contributed by atoms with Crippen LogP contribution in [0.2, 0.25) is 0 Å². The number of hydrogen-bond acceptors (Lipinski definition) is 9. The van der Waals surface area contributed by atoms with E-state index in [1.54, 1.807) is 47.5 Å². The van der Waals surface area contributed by atoms with Crippen molar-refractivity contribution in [1.82, 2.24) is 15.2 Å². The molecule has 5 aliphatic heterocycles. The molecule has 12 heteroatoms. The van der Waals surface area contributed by atoms with Crippen molar-refractivity contribution in [3.05, 3.63) is 108 Å². The number of amides is 2. The van der Waals surface area contributed by atoms with Crippen LogP contribution in [0.3, 0.4) is 0 Å². The maximum atomic E-state index is 13.6. The third-order valence-corrected chi connectivity index (χ3v) is 12.2. The summed E-state index contributed by atoms with van der Waals surface area (Å²) < 4.78 is 1.96. The molecule has 12 nitrogen and oxygen atoms in total. The van der Waals surface area contributed by atoms with Crippen LogP contribution in [-0.4, -0.2) is 92.4 Å². The van der Waals surface area contributed by atoms with Crippen LogP contribution < -0.4 is 20.9 Å². The number of aromatic nitrogens is 1. The second kappa shape index (κ2) is 14.1. The van der Waals surface area contributed by atoms with Gasteiger partial charge in [0, 0.05) is 72.7 Å². The van der Waals surface area contributed by atoms with Gasteiger partial charge in [-0.3, -0.25) is 20.0 Å². The van der Waals surface area contributed by atoms with Gasteiger partial charge in [0.1, 0.15) is 17.7 Å². The van der Waals surface area contributed by atoms with Crippen LogP contribution in [0.25, 0.3) is 16.6 Å². The van der Waals surface area contributed by atoms with Gasteiger partial charge in [-0.25, -0.2) is 0 Å². The molecule has 2 amide bonds. The number of allylic oxidation sites excluding steroid dienone is 2. The van der Waals surface area contributed by atoms with E-state index in [4.69, 9.17) is 16.1 Å². The molecule has 5 aliphatic rings. The minimum absolute atomic E-state index is 0.108. The van der Waals surface area contributed by atoms with Crippen molar-refractivity contribution >= 4 is 56.9 Å². The van der Waals surface area contributed by atoms with Crippen molar-refractivity contribution in [3.63, 3.8) is 0 Å². The van der Waals surface area contributed by atoms with Crippen LogP contribution >= 0.6 is 0 Å². The molecule has 6 heterocycles. The Kier molecular flexibility index (Phi) is 8.94. The van der Waals surface area contributed by atoms with E-state index in [1.807, 2.05) is 22.9 Å². The van der Waals surface area contributed by atoms with E-state index in [-0.39, 0.29) is 24.0 Å². The van der Waals surface area contributed by atoms with Crippen LogP contribution in [-0.2, 0) is 4.79 Å². The fourth-order valence-corrected chi connectivity index (χ4v) is 9.22. The van der Waals surface area contributed by atoms with Gasteiger partial charge in [-0.05, 0) is 87.0 Å². The number of likely N-dealkylation sites (tertiary alicyclic amines) is 1. The smallest absolute Gasteiger partial charge is 0.259 e. The number of carbonyl (C=O) groups is 2. The van der Waals surface area contributed by atoms with Gasteiger partial charge in [0.2, 0.25) is 17.3 Å². The second-order valence-corrected chi connectivity index (χ2v) is 15.2. The number of hydrogen-bond donors (Lipinski definition) is 5. The number of aromatic hydroxyl groups is 1. The number of nitrogens with zero attached hydrogens (tertiary/aromatic N) is 5. The Bertz CT molecular complexity index is 2300. The highest BCUT2D eigenvalue weighted by molar-refractivity contribution is 6.49. The fourth-order valence-electron chi connectivity index (χ4n) is 9.22. The summed E-state index contributed by atoms with van der Waals surface area (Å²) in [6.45, 7) is 3.94. The minimum atomic E-state index is -1.11. The molecule has 3 saturated heterocycles. The number of nitrogens with one attached hydrogen (secondary N) is 2. The van der Waals surface area contributed by atoms with E-state index < -0.39 is 12.3 Å². The van der Waals surface area contributed by atoms with Crippen molar-refractivity contribution in [2.75, 3.05) is 36.0 Å². The van der Waals surface area contributed by atoms with Crippen molar-refractivity contribution in [1.29, 1.82) is 5.41 Å². The Morgan fingerprint density at radius 1 is 0.927 bits per heavy atom. The molecule has 9 rings (SSSR count). The van der Waals surface area contributed by atoms with Gasteiger partial charge in [-0.15, -0.1) is 0 Å². The first-order chi connectivity index (χ1) is 26.7. The number of phenolic OH excluding ortho intramolecular Hbond substituents is 1. The Labute approximate surface area is 319 Å². The third-order valence-electron chi connectivity index (χ3n) is 12.2. The van der Waals surface area contributed by atoms with Gasteiger partial charge in [0.15, 0.2) is 6.20 Å². The Morgan fingerprint density at radius 2 is 1.67 bits per heavy atom. The maximum Gasteiger partial charge on any atom is 0.259 e. The molecule has 3 aromatic carbocycles. The average molecular weight is 738 g/mol. The lowest BCUT2D eigenvalue weighted by molar-refractivity contribution is -0.354. The largest absolute Gasteiger partial charge is 0.507 e. The molecule has 0 radical (unpaired) electrons. The number of rotatable bonds is 7. The van der Waals surface area contributed by atoms with E-state index in [0.717, 1.165) is 79.8 Å². The molecule has 1 aromatic heterocycles. The minimum Gasteiger partial charge on any atom is -0.507 e. The van der Waals surface area contributed by atoms with Gasteiger partial charge in [-0.1, -0.05) is 24.3 Å². The number of para-hydroxylation sites is 1. The van der Waals surface area contributed by atoms with Crippen LogP contribution in [0.5, 0.6) is 5.75 Å². The second-order valence-electron chi connectivity index (χ2n) is 15.2. The van der Waals surface area contributed by atoms with Gasteiger partial charge in [0.05, 0.1) is 28.5 Å². The van der Waals surface area contributed by atoms with E-state index in [9.17, 15) is 19.8 Å². The third kappa shape index (κ3) is 6.24. The summed E-state index contributed by atoms with van der Waals surface area (Å²) in [6.07, 6.45) is 11.0. The molecule has 2 atom stereocenters. The molecule has 0 bridgehead atoms. The highest BCUT2D eigenvalue weighted by Gasteiger charge is 2.41. The Balaban J connectivity index is 0.833. The quantitative estimate of drug-likeness (QED) is 0.166. The Hall–Kier alpha value is -5.85. The first kappa shape index (κ1) is 34.9. The van der Waals surface area contributed by atoms with E-state index in [0.29, 0.717) is 46.6 Å². The van der Waals surface area contributed by atoms with E-state index >= 15 is 0 Å². The number of anilines is 2.